The molecule has 2 heterocycles. The zero-order chi connectivity index (χ0) is 10.8. The molecule has 1 aromatic rings. The first kappa shape index (κ1) is 10.2. The fourth-order valence-corrected chi connectivity index (χ4v) is 1.93. The van der Waals surface area contributed by atoms with Gasteiger partial charge in [0.15, 0.2) is 0 Å². The van der Waals surface area contributed by atoms with Crippen LogP contribution in [0.1, 0.15) is 18.5 Å². The van der Waals surface area contributed by atoms with Gasteiger partial charge in [0, 0.05) is 24.8 Å². The molecular formula is C10H16N4O. The monoisotopic (exact) mass is 208 g/mol. The van der Waals surface area contributed by atoms with Crippen molar-refractivity contribution in [1.29, 1.82) is 0 Å². The average molecular weight is 208 g/mol. The maximum Gasteiger partial charge on any atom is 0.345 e. The highest BCUT2D eigenvalue weighted by Crippen LogP contribution is 2.19. The first-order chi connectivity index (χ1) is 7.16. The van der Waals surface area contributed by atoms with Crippen molar-refractivity contribution in [1.82, 2.24) is 9.97 Å². The molecule has 0 aromatic carbocycles. The molecule has 0 aliphatic carbocycles. The Morgan fingerprint density at radius 3 is 2.80 bits per heavy atom. The van der Waals surface area contributed by atoms with Crippen LogP contribution < -0.4 is 16.3 Å². The summed E-state index contributed by atoms with van der Waals surface area (Å²) in [5, 5.41) is 0. The van der Waals surface area contributed by atoms with Crippen molar-refractivity contribution in [2.45, 2.75) is 25.8 Å². The van der Waals surface area contributed by atoms with Crippen molar-refractivity contribution >= 4 is 5.69 Å². The maximum absolute atomic E-state index is 11.0. The highest BCUT2D eigenvalue weighted by Gasteiger charge is 2.17. The van der Waals surface area contributed by atoms with Gasteiger partial charge in [0.05, 0.1) is 11.9 Å². The number of aryl methyl sites for hydroxylation is 1. The second kappa shape index (κ2) is 4.02. The summed E-state index contributed by atoms with van der Waals surface area (Å²) >= 11 is 0. The number of nitrogens with two attached hydrogens (primary N) is 1. The summed E-state index contributed by atoms with van der Waals surface area (Å²) in [6.45, 7) is 3.78. The third-order valence-electron chi connectivity index (χ3n) is 2.86. The van der Waals surface area contributed by atoms with Crippen molar-refractivity contribution in [2.24, 2.45) is 5.73 Å². The number of nitrogens with zero attached hydrogens (tertiary/aromatic N) is 2. The lowest BCUT2D eigenvalue weighted by Crippen LogP contribution is -2.40. The number of piperidine rings is 1. The molecule has 1 aromatic heterocycles. The van der Waals surface area contributed by atoms with Gasteiger partial charge in [-0.05, 0) is 19.8 Å². The van der Waals surface area contributed by atoms with Crippen LogP contribution in [-0.2, 0) is 0 Å². The van der Waals surface area contributed by atoms with Crippen LogP contribution in [0, 0.1) is 6.92 Å². The Kier molecular flexibility index (Phi) is 2.73. The molecule has 2 rings (SSSR count). The Morgan fingerprint density at radius 1 is 1.53 bits per heavy atom. The summed E-state index contributed by atoms with van der Waals surface area (Å²) in [7, 11) is 0. The number of hydrogen-bond acceptors (Lipinski definition) is 4. The molecule has 0 spiro atoms. The van der Waals surface area contributed by atoms with E-state index in [1.165, 1.54) is 0 Å². The molecular weight excluding hydrogens is 192 g/mol. The van der Waals surface area contributed by atoms with E-state index in [2.05, 4.69) is 14.9 Å². The lowest BCUT2D eigenvalue weighted by Gasteiger charge is -2.32. The van der Waals surface area contributed by atoms with Gasteiger partial charge in [0.25, 0.3) is 0 Å². The molecule has 5 heteroatoms. The number of aromatic nitrogens is 2. The van der Waals surface area contributed by atoms with Gasteiger partial charge in [0.1, 0.15) is 0 Å². The van der Waals surface area contributed by atoms with Crippen LogP contribution in [0.3, 0.4) is 0 Å². The smallest absolute Gasteiger partial charge is 0.345 e. The third kappa shape index (κ3) is 2.18. The van der Waals surface area contributed by atoms with E-state index in [9.17, 15) is 4.79 Å². The fraction of sp³-hybridized carbons (Fsp3) is 0.600. The van der Waals surface area contributed by atoms with Crippen molar-refractivity contribution in [3.63, 3.8) is 0 Å². The molecule has 5 nitrogen and oxygen atoms in total. The quantitative estimate of drug-likeness (QED) is 0.681. The molecule has 1 aliphatic heterocycles. The Balaban J connectivity index is 2.19. The molecule has 0 saturated carbocycles. The third-order valence-corrected chi connectivity index (χ3v) is 2.86. The molecule has 0 atom stereocenters. The Hall–Kier alpha value is -1.36. The van der Waals surface area contributed by atoms with E-state index in [1.807, 2.05) is 6.92 Å². The van der Waals surface area contributed by atoms with Crippen LogP contribution in [0.2, 0.25) is 0 Å². The zero-order valence-electron chi connectivity index (χ0n) is 8.86. The van der Waals surface area contributed by atoms with Crippen LogP contribution >= 0.6 is 0 Å². The number of rotatable bonds is 1. The minimum Gasteiger partial charge on any atom is -0.369 e. The highest BCUT2D eigenvalue weighted by molar-refractivity contribution is 5.48. The van der Waals surface area contributed by atoms with Gasteiger partial charge in [-0.1, -0.05) is 0 Å². The van der Waals surface area contributed by atoms with Crippen molar-refractivity contribution in [3.8, 4) is 0 Å². The van der Waals surface area contributed by atoms with Crippen LogP contribution in [0.15, 0.2) is 11.0 Å². The predicted molar refractivity (Wildman–Crippen MR) is 59.0 cm³/mol. The largest absolute Gasteiger partial charge is 0.369 e. The van der Waals surface area contributed by atoms with E-state index in [0.717, 1.165) is 37.3 Å². The maximum atomic E-state index is 11.0. The summed E-state index contributed by atoms with van der Waals surface area (Å²) in [5.74, 6) is 0. The van der Waals surface area contributed by atoms with E-state index in [4.69, 9.17) is 5.73 Å². The topological polar surface area (TPSA) is 75.0 Å². The van der Waals surface area contributed by atoms with Crippen LogP contribution in [0.4, 0.5) is 5.69 Å². The Morgan fingerprint density at radius 2 is 2.20 bits per heavy atom. The normalized spacial score (nSPS) is 18.1. The molecule has 0 radical (unpaired) electrons. The summed E-state index contributed by atoms with van der Waals surface area (Å²) in [6, 6.07) is 0.317. The Bertz CT molecular complexity index is 393. The number of hydrogen-bond donors (Lipinski definition) is 2. The first-order valence-electron chi connectivity index (χ1n) is 5.23. The lowest BCUT2D eigenvalue weighted by molar-refractivity contribution is 0.500. The number of H-pyrrole nitrogens is 1. The van der Waals surface area contributed by atoms with Gasteiger partial charge in [-0.25, -0.2) is 4.79 Å². The minimum atomic E-state index is -0.287. The number of anilines is 1. The van der Waals surface area contributed by atoms with E-state index in [1.54, 1.807) is 6.20 Å². The Labute approximate surface area is 88.3 Å². The van der Waals surface area contributed by atoms with Gasteiger partial charge in [-0.2, -0.15) is 4.98 Å². The molecule has 82 valence electrons. The molecule has 0 unspecified atom stereocenters. The lowest BCUT2D eigenvalue weighted by atomic mass is 10.1. The molecule has 15 heavy (non-hydrogen) atoms. The SMILES string of the molecule is Cc1[nH]c(=O)ncc1N1CCC(N)CC1. The van der Waals surface area contributed by atoms with Gasteiger partial charge < -0.3 is 15.6 Å². The molecule has 1 saturated heterocycles. The average Bonchev–Trinajstić information content (AvgIpc) is 2.20. The number of nitrogens with one attached hydrogen (secondary N) is 1. The molecule has 0 bridgehead atoms. The number of aromatic amines is 1. The summed E-state index contributed by atoms with van der Waals surface area (Å²) in [5.41, 5.74) is 7.45. The van der Waals surface area contributed by atoms with Gasteiger partial charge in [-0.15, -0.1) is 0 Å². The predicted octanol–water partition coefficient (Wildman–Crippen LogP) is 0.00582. The van der Waals surface area contributed by atoms with Gasteiger partial charge in [-0.3, -0.25) is 0 Å². The summed E-state index contributed by atoms with van der Waals surface area (Å²) in [4.78, 5) is 19.7. The molecule has 1 aliphatic rings. The fourth-order valence-electron chi connectivity index (χ4n) is 1.93. The van der Waals surface area contributed by atoms with Crippen molar-refractivity contribution in [2.75, 3.05) is 18.0 Å². The summed E-state index contributed by atoms with van der Waals surface area (Å²) < 4.78 is 0. The van der Waals surface area contributed by atoms with Gasteiger partial charge in [0.2, 0.25) is 0 Å². The zero-order valence-corrected chi connectivity index (χ0v) is 8.86. The van der Waals surface area contributed by atoms with E-state index in [-0.39, 0.29) is 5.69 Å². The second-order valence-electron chi connectivity index (χ2n) is 4.02. The van der Waals surface area contributed by atoms with E-state index in [0.29, 0.717) is 6.04 Å². The highest BCUT2D eigenvalue weighted by atomic mass is 16.1. The van der Waals surface area contributed by atoms with Crippen molar-refractivity contribution < 1.29 is 0 Å². The molecule has 3 N–H and O–H groups in total. The molecule has 1 fully saturated rings. The van der Waals surface area contributed by atoms with Crippen molar-refractivity contribution in [3.05, 3.63) is 22.4 Å². The van der Waals surface area contributed by atoms with E-state index < -0.39 is 0 Å². The van der Waals surface area contributed by atoms with Crippen LogP contribution in [0.5, 0.6) is 0 Å². The van der Waals surface area contributed by atoms with Crippen LogP contribution in [-0.4, -0.2) is 29.1 Å². The van der Waals surface area contributed by atoms with Crippen LogP contribution in [0.25, 0.3) is 0 Å². The minimum absolute atomic E-state index is 0.287. The van der Waals surface area contributed by atoms with E-state index >= 15 is 0 Å². The van der Waals surface area contributed by atoms with Gasteiger partial charge >= 0.3 is 5.69 Å². The molecule has 0 amide bonds. The first-order valence-corrected chi connectivity index (χ1v) is 5.23. The summed E-state index contributed by atoms with van der Waals surface area (Å²) in [6.07, 6.45) is 3.64. The second-order valence-corrected chi connectivity index (χ2v) is 4.02. The standard InChI is InChI=1S/C10H16N4O/c1-7-9(6-12-10(15)13-7)14-4-2-8(11)3-5-14/h6,8H,2-5,11H2,1H3,(H,12,13,15).